The topological polar surface area (TPSA) is 91.5 Å². The van der Waals surface area contributed by atoms with E-state index in [4.69, 9.17) is 5.73 Å². The first-order valence-corrected chi connectivity index (χ1v) is 9.34. The predicted molar refractivity (Wildman–Crippen MR) is 114 cm³/mol. The summed E-state index contributed by atoms with van der Waals surface area (Å²) in [7, 11) is 0. The van der Waals surface area contributed by atoms with Gasteiger partial charge < -0.3 is 21.7 Å². The maximum Gasteiger partial charge on any atom is 0.319 e. The Morgan fingerprint density at radius 1 is 1.30 bits per heavy atom. The van der Waals surface area contributed by atoms with Gasteiger partial charge in [0.25, 0.3) is 0 Å². The molecule has 6 nitrogen and oxygen atoms in total. The van der Waals surface area contributed by atoms with Gasteiger partial charge in [-0.25, -0.2) is 9.79 Å². The Kier molecular flexibility index (Phi) is 4.52. The van der Waals surface area contributed by atoms with Gasteiger partial charge in [0, 0.05) is 22.3 Å². The average molecular weight is 377 g/mol. The Hall–Kier alpha value is -3.32. The molecule has 0 fully saturated rings. The normalized spacial score (nSPS) is 12.7. The number of amides is 2. The maximum absolute atomic E-state index is 11.8. The van der Waals surface area contributed by atoms with E-state index in [-0.39, 0.29) is 6.03 Å². The number of aliphatic imine (C=N–C) groups is 1. The van der Waals surface area contributed by atoms with Crippen LogP contribution in [0.15, 0.2) is 60.1 Å². The van der Waals surface area contributed by atoms with E-state index in [2.05, 4.69) is 45.7 Å². The number of nitrogens with one attached hydrogen (secondary N) is 3. The number of rotatable bonds is 4. The van der Waals surface area contributed by atoms with Gasteiger partial charge in [0.1, 0.15) is 12.5 Å². The van der Waals surface area contributed by atoms with Gasteiger partial charge in [0.2, 0.25) is 0 Å². The summed E-state index contributed by atoms with van der Waals surface area (Å²) in [6.07, 6.45) is 1.64. The first-order chi connectivity index (χ1) is 13.2. The van der Waals surface area contributed by atoms with Crippen LogP contribution in [-0.4, -0.2) is 25.1 Å². The van der Waals surface area contributed by atoms with E-state index in [0.29, 0.717) is 19.0 Å². The number of urea groups is 1. The number of fused-ring (bicyclic) bond motifs is 3. The number of benzene rings is 2. The Bertz CT molecular complexity index is 1070. The van der Waals surface area contributed by atoms with Gasteiger partial charge in [-0.3, -0.25) is 0 Å². The standard InChI is InChI=1S/C20H19N5OS/c1-2-8-22-20(26)25-14-5-3-4-12(9-14)13-6-7-15-16(10-13)27-18-17(15)23-11-24-19(18)21/h2-7,9-10,23H,1,8,11H2,(H2,21,24)(H2,22,25,26). The zero-order valence-electron chi connectivity index (χ0n) is 14.6. The number of hydrogen-bond donors (Lipinski definition) is 4. The minimum atomic E-state index is -0.255. The molecule has 0 spiro atoms. The van der Waals surface area contributed by atoms with E-state index in [1.807, 2.05) is 24.3 Å². The summed E-state index contributed by atoms with van der Waals surface area (Å²) in [6, 6.07) is 13.8. The van der Waals surface area contributed by atoms with Crippen LogP contribution < -0.4 is 21.7 Å². The minimum absolute atomic E-state index is 0.255. The second-order valence-electron chi connectivity index (χ2n) is 6.10. The number of nitrogens with zero attached hydrogens (tertiary/aromatic N) is 1. The molecule has 0 atom stereocenters. The SMILES string of the molecule is C=CCNC(=O)Nc1cccc(-c2ccc3c4c(sc3c2)C(N)=NCN4)c1. The van der Waals surface area contributed by atoms with Gasteiger partial charge >= 0.3 is 6.03 Å². The van der Waals surface area contributed by atoms with Crippen molar-refractivity contribution in [2.24, 2.45) is 10.7 Å². The van der Waals surface area contributed by atoms with Crippen LogP contribution in [0.2, 0.25) is 0 Å². The molecule has 4 rings (SSSR count). The molecule has 0 bridgehead atoms. The lowest BCUT2D eigenvalue weighted by molar-refractivity contribution is 0.253. The van der Waals surface area contributed by atoms with Crippen LogP contribution in [0.3, 0.4) is 0 Å². The van der Waals surface area contributed by atoms with Gasteiger partial charge in [-0.1, -0.05) is 30.3 Å². The fourth-order valence-corrected chi connectivity index (χ4v) is 4.16. The molecule has 2 aromatic carbocycles. The molecule has 0 saturated heterocycles. The van der Waals surface area contributed by atoms with Crippen LogP contribution >= 0.6 is 11.3 Å². The fraction of sp³-hybridized carbons (Fsp3) is 0.100. The van der Waals surface area contributed by atoms with E-state index in [9.17, 15) is 4.79 Å². The molecular formula is C20H19N5OS. The molecule has 1 aliphatic heterocycles. The smallest absolute Gasteiger partial charge is 0.319 e. The van der Waals surface area contributed by atoms with Crippen molar-refractivity contribution in [1.82, 2.24) is 5.32 Å². The summed E-state index contributed by atoms with van der Waals surface area (Å²) in [4.78, 5) is 17.1. The number of amidine groups is 1. The third kappa shape index (κ3) is 3.37. The lowest BCUT2D eigenvalue weighted by Crippen LogP contribution is -2.28. The van der Waals surface area contributed by atoms with Crippen molar-refractivity contribution < 1.29 is 4.79 Å². The van der Waals surface area contributed by atoms with Gasteiger partial charge in [0.15, 0.2) is 0 Å². The lowest BCUT2D eigenvalue weighted by atomic mass is 10.0. The maximum atomic E-state index is 11.8. The lowest BCUT2D eigenvalue weighted by Gasteiger charge is -2.11. The molecule has 1 aliphatic rings. The molecule has 2 heterocycles. The molecule has 0 aliphatic carbocycles. The van der Waals surface area contributed by atoms with E-state index < -0.39 is 0 Å². The number of carbonyl (C=O) groups is 1. The second kappa shape index (κ2) is 7.13. The highest BCUT2D eigenvalue weighted by Gasteiger charge is 2.18. The molecule has 0 saturated carbocycles. The number of nitrogens with two attached hydrogens (primary N) is 1. The third-order valence-corrected chi connectivity index (χ3v) is 5.46. The van der Waals surface area contributed by atoms with Gasteiger partial charge in [-0.05, 0) is 29.3 Å². The van der Waals surface area contributed by atoms with E-state index in [0.717, 1.165) is 37.5 Å². The largest absolute Gasteiger partial charge is 0.383 e. The third-order valence-electron chi connectivity index (χ3n) is 4.29. The van der Waals surface area contributed by atoms with Crippen LogP contribution in [0.5, 0.6) is 0 Å². The van der Waals surface area contributed by atoms with Gasteiger partial charge in [0.05, 0.1) is 10.6 Å². The van der Waals surface area contributed by atoms with Crippen LogP contribution in [0.1, 0.15) is 4.88 Å². The summed E-state index contributed by atoms with van der Waals surface area (Å²) in [5, 5.41) is 9.98. The van der Waals surface area contributed by atoms with E-state index >= 15 is 0 Å². The molecule has 0 radical (unpaired) electrons. The Balaban J connectivity index is 1.64. The number of hydrogen-bond acceptors (Lipinski definition) is 5. The fourth-order valence-electron chi connectivity index (χ4n) is 3.02. The van der Waals surface area contributed by atoms with Crippen LogP contribution in [0.4, 0.5) is 16.2 Å². The molecule has 3 aromatic rings. The minimum Gasteiger partial charge on any atom is -0.383 e. The summed E-state index contributed by atoms with van der Waals surface area (Å²) < 4.78 is 1.15. The Morgan fingerprint density at radius 2 is 2.15 bits per heavy atom. The highest BCUT2D eigenvalue weighted by molar-refractivity contribution is 7.21. The monoisotopic (exact) mass is 377 g/mol. The average Bonchev–Trinajstić information content (AvgIpc) is 3.06. The van der Waals surface area contributed by atoms with Crippen molar-refractivity contribution in [3.8, 4) is 11.1 Å². The summed E-state index contributed by atoms with van der Waals surface area (Å²) in [5.74, 6) is 0.586. The van der Waals surface area contributed by atoms with Crippen LogP contribution in [-0.2, 0) is 0 Å². The van der Waals surface area contributed by atoms with Crippen LogP contribution in [0.25, 0.3) is 21.2 Å². The Labute approximate surface area is 160 Å². The summed E-state index contributed by atoms with van der Waals surface area (Å²) >= 11 is 1.63. The van der Waals surface area contributed by atoms with Crippen LogP contribution in [0, 0.1) is 0 Å². The highest BCUT2D eigenvalue weighted by Crippen LogP contribution is 2.39. The molecule has 0 unspecified atom stereocenters. The van der Waals surface area contributed by atoms with Crippen molar-refractivity contribution in [3.05, 3.63) is 60.0 Å². The molecule has 7 heteroatoms. The molecule has 2 amide bonds. The van der Waals surface area contributed by atoms with Crippen molar-refractivity contribution in [2.45, 2.75) is 0 Å². The van der Waals surface area contributed by atoms with Crippen molar-refractivity contribution >= 4 is 44.7 Å². The van der Waals surface area contributed by atoms with Crippen molar-refractivity contribution in [1.29, 1.82) is 0 Å². The van der Waals surface area contributed by atoms with Gasteiger partial charge in [-0.2, -0.15) is 0 Å². The second-order valence-corrected chi connectivity index (χ2v) is 7.15. The molecule has 1 aromatic heterocycles. The first-order valence-electron chi connectivity index (χ1n) is 8.52. The quantitative estimate of drug-likeness (QED) is 0.519. The number of carbonyl (C=O) groups excluding carboxylic acids is 1. The van der Waals surface area contributed by atoms with Crippen molar-refractivity contribution in [3.63, 3.8) is 0 Å². The molecular weight excluding hydrogens is 358 g/mol. The molecule has 27 heavy (non-hydrogen) atoms. The summed E-state index contributed by atoms with van der Waals surface area (Å²) in [5.41, 5.74) is 9.92. The molecule has 5 N–H and O–H groups in total. The Morgan fingerprint density at radius 3 is 3.00 bits per heavy atom. The number of thiophene rings is 1. The molecule has 136 valence electrons. The van der Waals surface area contributed by atoms with E-state index in [1.165, 1.54) is 0 Å². The predicted octanol–water partition coefficient (Wildman–Crippen LogP) is 3.96. The number of anilines is 2. The highest BCUT2D eigenvalue weighted by atomic mass is 32.1. The van der Waals surface area contributed by atoms with Gasteiger partial charge in [-0.15, -0.1) is 17.9 Å². The van der Waals surface area contributed by atoms with Crippen molar-refractivity contribution in [2.75, 3.05) is 23.8 Å². The van der Waals surface area contributed by atoms with E-state index in [1.54, 1.807) is 17.4 Å². The first kappa shape index (κ1) is 17.1. The zero-order valence-corrected chi connectivity index (χ0v) is 15.4. The summed E-state index contributed by atoms with van der Waals surface area (Å²) in [6.45, 7) is 4.52. The zero-order chi connectivity index (χ0) is 18.8.